The van der Waals surface area contributed by atoms with Crippen LogP contribution in [0, 0.1) is 5.53 Å². The number of methoxy groups -OCH3 is 2. The molecule has 4 N–H and O–H groups in total. The molecule has 0 saturated carbocycles. The van der Waals surface area contributed by atoms with Crippen LogP contribution in [-0.2, 0) is 30.6 Å². The lowest BCUT2D eigenvalue weighted by Gasteiger charge is -2.10. The summed E-state index contributed by atoms with van der Waals surface area (Å²) in [6, 6.07) is 6.97. The first kappa shape index (κ1) is 31.5. The number of nitrogens with one attached hydrogen (secondary N) is 4. The van der Waals surface area contributed by atoms with Crippen molar-refractivity contribution in [1.29, 1.82) is 5.53 Å². The number of hydrogen-bond donors (Lipinski definition) is 4. The molecule has 224 valence electrons. The van der Waals surface area contributed by atoms with Crippen molar-refractivity contribution in [2.75, 3.05) is 20.8 Å². The van der Waals surface area contributed by atoms with Gasteiger partial charge in [-0.1, -0.05) is 11.3 Å². The topological polar surface area (TPSA) is 168 Å². The lowest BCUT2D eigenvalue weighted by molar-refractivity contribution is -0.137. The predicted octanol–water partition coefficient (Wildman–Crippen LogP) is 3.20. The second-order valence-electron chi connectivity index (χ2n) is 8.76. The van der Waals surface area contributed by atoms with Crippen LogP contribution in [0.3, 0.4) is 0 Å². The van der Waals surface area contributed by atoms with Crippen LogP contribution in [0.25, 0.3) is 0 Å². The molecule has 0 spiro atoms. The molecule has 2 heterocycles. The average molecular weight is 590 g/mol. The van der Waals surface area contributed by atoms with E-state index in [0.29, 0.717) is 37.4 Å². The van der Waals surface area contributed by atoms with E-state index in [9.17, 15) is 22.8 Å². The molecule has 1 aromatic carbocycles. The summed E-state index contributed by atoms with van der Waals surface area (Å²) in [5.74, 6) is -0.0183. The maximum atomic E-state index is 12.8. The molecule has 3 aromatic rings. The summed E-state index contributed by atoms with van der Waals surface area (Å²) < 4.78 is 50.4. The fraction of sp³-hybridized carbons (Fsp3) is 0.346. The van der Waals surface area contributed by atoms with Crippen LogP contribution in [0.5, 0.6) is 11.5 Å². The molecular formula is C26H30F3N9O4. The number of hydrogen-bond acceptors (Lipinski definition) is 10. The van der Waals surface area contributed by atoms with E-state index in [1.807, 2.05) is 0 Å². The molecule has 0 aliphatic rings. The van der Waals surface area contributed by atoms with Gasteiger partial charge < -0.3 is 25.4 Å². The zero-order valence-corrected chi connectivity index (χ0v) is 22.9. The third-order valence-electron chi connectivity index (χ3n) is 5.80. The Morgan fingerprint density at radius 2 is 1.86 bits per heavy atom. The van der Waals surface area contributed by atoms with Gasteiger partial charge in [0.25, 0.3) is 11.8 Å². The van der Waals surface area contributed by atoms with Crippen molar-refractivity contribution in [3.05, 3.63) is 77.1 Å². The monoisotopic (exact) mass is 589 g/mol. The number of unbranched alkanes of at least 4 members (excludes halogenated alkanes) is 1. The number of alkyl halides is 3. The number of halogens is 3. The van der Waals surface area contributed by atoms with Crippen molar-refractivity contribution in [3.63, 3.8) is 0 Å². The Balaban J connectivity index is 1.37. The van der Waals surface area contributed by atoms with E-state index in [2.05, 4.69) is 36.4 Å². The zero-order valence-electron chi connectivity index (χ0n) is 22.9. The molecule has 2 aromatic heterocycles. The molecule has 0 atom stereocenters. The molecule has 13 nitrogen and oxygen atoms in total. The molecule has 16 heteroatoms. The molecule has 42 heavy (non-hydrogen) atoms. The summed E-state index contributed by atoms with van der Waals surface area (Å²) in [5, 5.41) is 19.1. The van der Waals surface area contributed by atoms with Crippen LogP contribution >= 0.6 is 0 Å². The summed E-state index contributed by atoms with van der Waals surface area (Å²) in [7, 11) is 3.05. The van der Waals surface area contributed by atoms with Crippen LogP contribution in [0.4, 0.5) is 13.2 Å². The summed E-state index contributed by atoms with van der Waals surface area (Å²) >= 11 is 0. The Morgan fingerprint density at radius 1 is 1.07 bits per heavy atom. The van der Waals surface area contributed by atoms with Crippen molar-refractivity contribution in [1.82, 2.24) is 35.9 Å². The Labute approximate surface area is 239 Å². The molecule has 0 bridgehead atoms. The Bertz CT molecular complexity index is 1410. The number of benzene rings is 1. The quantitative estimate of drug-likeness (QED) is 0.119. The van der Waals surface area contributed by atoms with E-state index in [1.165, 1.54) is 31.3 Å². The Kier molecular flexibility index (Phi) is 11.3. The molecule has 0 radical (unpaired) electrons. The maximum Gasteiger partial charge on any atom is 0.416 e. The maximum absolute atomic E-state index is 12.8. The van der Waals surface area contributed by atoms with E-state index in [4.69, 9.17) is 15.0 Å². The van der Waals surface area contributed by atoms with Crippen molar-refractivity contribution >= 4 is 11.8 Å². The van der Waals surface area contributed by atoms with Gasteiger partial charge in [0.2, 0.25) is 0 Å². The molecule has 0 aliphatic heterocycles. The normalized spacial score (nSPS) is 11.5. The smallest absolute Gasteiger partial charge is 0.416 e. The number of ether oxygens (including phenoxy) is 2. The first-order valence-corrected chi connectivity index (χ1v) is 12.6. The summed E-state index contributed by atoms with van der Waals surface area (Å²) in [5.41, 5.74) is 7.20. The van der Waals surface area contributed by atoms with Gasteiger partial charge in [0, 0.05) is 32.0 Å². The van der Waals surface area contributed by atoms with E-state index in [-0.39, 0.29) is 30.2 Å². The number of pyridine rings is 1. The highest BCUT2D eigenvalue weighted by Gasteiger charge is 2.30. The number of rotatable bonds is 15. The fourth-order valence-corrected chi connectivity index (χ4v) is 3.61. The van der Waals surface area contributed by atoms with Gasteiger partial charge in [-0.3, -0.25) is 19.3 Å². The predicted molar refractivity (Wildman–Crippen MR) is 142 cm³/mol. The van der Waals surface area contributed by atoms with Crippen LogP contribution in [-0.4, -0.2) is 52.6 Å². The number of carbonyl (C=O) groups excluding carboxylic acids is 2. The molecule has 2 amide bonds. The number of amides is 2. The number of nitrogens with zero attached hydrogens (tertiary/aromatic N) is 5. The van der Waals surface area contributed by atoms with Crippen LogP contribution in [0.15, 0.2) is 59.7 Å². The Hall–Kier alpha value is -5.02. The summed E-state index contributed by atoms with van der Waals surface area (Å²) in [6.07, 6.45) is 0.633. The standard InChI is InChI=1S/C26H30F3N9O4/c1-41-22-6-5-17(11-23(22)42-2)13-33-24(39)20(35-30)15-31-8-3-4-10-38-16-21(36-37-38)25(40)34-14-19-12-18(7-9-32-19)26(27,28)29/h5-7,9,11-12,15-16,30-31H,3-4,8,10,13-14H2,1-2H3,(H,33,39)(H,34,40)/b20-15-,35-30?. The van der Waals surface area contributed by atoms with Gasteiger partial charge in [-0.2, -0.15) is 18.3 Å². The van der Waals surface area contributed by atoms with Crippen LogP contribution < -0.4 is 25.4 Å². The third kappa shape index (κ3) is 9.28. The molecule has 0 saturated heterocycles. The second-order valence-corrected chi connectivity index (χ2v) is 8.76. The van der Waals surface area contributed by atoms with E-state index in [0.717, 1.165) is 23.9 Å². The minimum absolute atomic E-state index is 0.0174. The lowest BCUT2D eigenvalue weighted by atomic mass is 10.2. The minimum atomic E-state index is -4.50. The number of aryl methyl sites for hydroxylation is 1. The number of aromatic nitrogens is 4. The first-order valence-electron chi connectivity index (χ1n) is 12.6. The first-order chi connectivity index (χ1) is 20.1. The second kappa shape index (κ2) is 15.1. The van der Waals surface area contributed by atoms with Crippen LogP contribution in [0.1, 0.15) is 40.2 Å². The van der Waals surface area contributed by atoms with E-state index in [1.54, 1.807) is 18.2 Å². The molecular weight excluding hydrogens is 559 g/mol. The van der Waals surface area contributed by atoms with Crippen molar-refractivity contribution < 1.29 is 32.2 Å². The van der Waals surface area contributed by atoms with E-state index < -0.39 is 23.6 Å². The molecule has 0 fully saturated rings. The minimum Gasteiger partial charge on any atom is -0.493 e. The van der Waals surface area contributed by atoms with Crippen molar-refractivity contribution in [2.45, 2.75) is 38.7 Å². The van der Waals surface area contributed by atoms with Gasteiger partial charge in [-0.15, -0.1) is 5.10 Å². The average Bonchev–Trinajstić information content (AvgIpc) is 3.47. The van der Waals surface area contributed by atoms with Crippen molar-refractivity contribution in [2.24, 2.45) is 5.11 Å². The molecule has 3 rings (SSSR count). The van der Waals surface area contributed by atoms with Gasteiger partial charge in [-0.05, 0) is 42.7 Å². The van der Waals surface area contributed by atoms with Gasteiger partial charge >= 0.3 is 6.18 Å². The van der Waals surface area contributed by atoms with E-state index >= 15 is 0 Å². The van der Waals surface area contributed by atoms with Crippen molar-refractivity contribution in [3.8, 4) is 11.5 Å². The Morgan fingerprint density at radius 3 is 2.57 bits per heavy atom. The highest BCUT2D eigenvalue weighted by atomic mass is 19.4. The SMILES string of the molecule is COc1ccc(CNC(=O)/C(=C/NCCCCn2cc(C(=O)NCc3cc(C(F)(F)F)ccn3)nn2)N=N)cc1OC. The van der Waals surface area contributed by atoms with Gasteiger partial charge in [-0.25, -0.2) is 5.53 Å². The van der Waals surface area contributed by atoms with Gasteiger partial charge in [0.15, 0.2) is 22.9 Å². The highest BCUT2D eigenvalue weighted by molar-refractivity contribution is 5.92. The molecule has 0 unspecified atom stereocenters. The fourth-order valence-electron chi connectivity index (χ4n) is 3.61. The zero-order chi connectivity index (χ0) is 30.5. The van der Waals surface area contributed by atoms with Crippen LogP contribution in [0.2, 0.25) is 0 Å². The third-order valence-corrected chi connectivity index (χ3v) is 5.80. The van der Waals surface area contributed by atoms with Gasteiger partial charge in [0.1, 0.15) is 0 Å². The number of carbonyl (C=O) groups is 2. The van der Waals surface area contributed by atoms with Gasteiger partial charge in [0.05, 0.1) is 38.2 Å². The lowest BCUT2D eigenvalue weighted by Crippen LogP contribution is -2.25. The summed E-state index contributed by atoms with van der Waals surface area (Å²) in [6.45, 7) is 0.929. The largest absolute Gasteiger partial charge is 0.493 e. The molecule has 0 aliphatic carbocycles. The highest BCUT2D eigenvalue weighted by Crippen LogP contribution is 2.29. The summed E-state index contributed by atoms with van der Waals surface area (Å²) in [4.78, 5) is 28.5.